The van der Waals surface area contributed by atoms with Gasteiger partial charge < -0.3 is 14.7 Å². The lowest BCUT2D eigenvalue weighted by atomic mass is 10.0. The van der Waals surface area contributed by atoms with E-state index in [2.05, 4.69) is 9.97 Å². The number of aliphatic hydroxyl groups is 1. The van der Waals surface area contributed by atoms with Crippen LogP contribution in [0.5, 0.6) is 0 Å². The molecule has 1 aliphatic rings. The molecule has 1 atom stereocenters. The Bertz CT molecular complexity index is 794. The molecule has 0 aliphatic carbocycles. The molecule has 124 valence electrons. The van der Waals surface area contributed by atoms with Crippen LogP contribution in [0, 0.1) is 11.3 Å². The van der Waals surface area contributed by atoms with Crippen LogP contribution in [0.25, 0.3) is 11.0 Å². The number of benzene rings is 1. The molecule has 24 heavy (non-hydrogen) atoms. The van der Waals surface area contributed by atoms with Crippen molar-refractivity contribution < 1.29 is 14.6 Å². The Morgan fingerprint density at radius 3 is 2.54 bits per heavy atom. The van der Waals surface area contributed by atoms with Gasteiger partial charge in [0.1, 0.15) is 5.69 Å². The highest BCUT2D eigenvalue weighted by atomic mass is 16.5. The van der Waals surface area contributed by atoms with Crippen molar-refractivity contribution >= 4 is 22.8 Å². The van der Waals surface area contributed by atoms with Gasteiger partial charge in [0.15, 0.2) is 11.7 Å². The van der Waals surface area contributed by atoms with Crippen molar-refractivity contribution in [2.24, 2.45) is 0 Å². The minimum absolute atomic E-state index is 0.305. The third-order valence-electron chi connectivity index (χ3n) is 4.18. The van der Waals surface area contributed by atoms with Gasteiger partial charge in [-0.2, -0.15) is 5.26 Å². The smallest absolute Gasteiger partial charge is 0.329 e. The molecule has 1 saturated heterocycles. The number of carbonyl (C=O) groups excluding carboxylic acids is 1. The van der Waals surface area contributed by atoms with E-state index in [-0.39, 0.29) is 6.10 Å². The van der Waals surface area contributed by atoms with E-state index in [9.17, 15) is 15.2 Å². The number of methoxy groups -OCH3 is 1. The number of piperidine rings is 1. The molecule has 1 N–H and O–H groups in total. The van der Waals surface area contributed by atoms with E-state index < -0.39 is 11.9 Å². The van der Waals surface area contributed by atoms with Crippen LogP contribution in [0.4, 0.5) is 5.82 Å². The summed E-state index contributed by atoms with van der Waals surface area (Å²) in [7, 11) is 1.25. The van der Waals surface area contributed by atoms with Gasteiger partial charge in [0.2, 0.25) is 0 Å². The average Bonchev–Trinajstić information content (AvgIpc) is 2.62. The minimum atomic E-state index is -1.13. The molecule has 1 aromatic carbocycles. The van der Waals surface area contributed by atoms with Crippen molar-refractivity contribution in [1.82, 2.24) is 9.97 Å². The first-order valence-corrected chi connectivity index (χ1v) is 7.81. The summed E-state index contributed by atoms with van der Waals surface area (Å²) in [5, 5.41) is 19.1. The number of para-hydroxylation sites is 2. The molecule has 7 nitrogen and oxygen atoms in total. The van der Waals surface area contributed by atoms with Crippen molar-refractivity contribution in [2.75, 3.05) is 25.1 Å². The van der Waals surface area contributed by atoms with E-state index in [1.54, 1.807) is 6.07 Å². The van der Waals surface area contributed by atoms with Crippen molar-refractivity contribution in [3.8, 4) is 6.07 Å². The molecule has 1 aliphatic heterocycles. The lowest BCUT2D eigenvalue weighted by Crippen LogP contribution is -2.37. The number of hydrogen-bond acceptors (Lipinski definition) is 7. The van der Waals surface area contributed by atoms with Gasteiger partial charge in [-0.15, -0.1) is 0 Å². The molecule has 0 bridgehead atoms. The number of ether oxygens (including phenoxy) is 1. The summed E-state index contributed by atoms with van der Waals surface area (Å²) in [5.74, 6) is -1.27. The largest absolute Gasteiger partial charge is 0.468 e. The molecule has 0 radical (unpaired) electrons. The molecule has 3 rings (SSSR count). The first-order chi connectivity index (χ1) is 11.6. The average molecular weight is 326 g/mol. The predicted octanol–water partition coefficient (Wildman–Crippen LogP) is 1.37. The van der Waals surface area contributed by atoms with Crippen LogP contribution in [0.3, 0.4) is 0 Å². The van der Waals surface area contributed by atoms with Crippen LogP contribution in [0.2, 0.25) is 0 Å². The van der Waals surface area contributed by atoms with Crippen molar-refractivity contribution in [2.45, 2.75) is 24.9 Å². The molecule has 2 aromatic rings. The lowest BCUT2D eigenvalue weighted by Gasteiger charge is -2.32. The molecule has 1 unspecified atom stereocenters. The summed E-state index contributed by atoms with van der Waals surface area (Å²) in [4.78, 5) is 23.1. The summed E-state index contributed by atoms with van der Waals surface area (Å²) >= 11 is 0. The number of carbonyl (C=O) groups is 1. The molecule has 0 spiro atoms. The van der Waals surface area contributed by atoms with Crippen LogP contribution in [-0.2, 0) is 9.53 Å². The number of fused-ring (bicyclic) bond motifs is 1. The zero-order chi connectivity index (χ0) is 17.1. The number of rotatable bonds is 3. The van der Waals surface area contributed by atoms with Crippen molar-refractivity contribution in [3.63, 3.8) is 0 Å². The monoisotopic (exact) mass is 326 g/mol. The second kappa shape index (κ2) is 6.81. The van der Waals surface area contributed by atoms with Crippen LogP contribution < -0.4 is 4.90 Å². The molecule has 1 aromatic heterocycles. The van der Waals surface area contributed by atoms with Gasteiger partial charge in [0.25, 0.3) is 0 Å². The third kappa shape index (κ3) is 3.01. The Kier molecular flexibility index (Phi) is 4.58. The quantitative estimate of drug-likeness (QED) is 0.850. The van der Waals surface area contributed by atoms with Gasteiger partial charge in [-0.05, 0) is 25.0 Å². The van der Waals surface area contributed by atoms with Gasteiger partial charge in [-0.1, -0.05) is 12.1 Å². The zero-order valence-electron chi connectivity index (χ0n) is 13.3. The molecule has 1 fully saturated rings. The topological polar surface area (TPSA) is 99.3 Å². The first kappa shape index (κ1) is 16.1. The fourth-order valence-electron chi connectivity index (χ4n) is 2.85. The van der Waals surface area contributed by atoms with Crippen LogP contribution >= 0.6 is 0 Å². The van der Waals surface area contributed by atoms with Gasteiger partial charge >= 0.3 is 5.97 Å². The first-order valence-electron chi connectivity index (χ1n) is 7.81. The Morgan fingerprint density at radius 2 is 1.96 bits per heavy atom. The summed E-state index contributed by atoms with van der Waals surface area (Å²) in [5.41, 5.74) is 1.63. The minimum Gasteiger partial charge on any atom is -0.468 e. The normalized spacial score (nSPS) is 16.6. The molecular formula is C17H18N4O3. The van der Waals surface area contributed by atoms with E-state index in [4.69, 9.17) is 4.74 Å². The molecule has 0 saturated carbocycles. The highest BCUT2D eigenvalue weighted by Crippen LogP contribution is 2.29. The maximum atomic E-state index is 12.0. The number of anilines is 1. The second-order valence-electron chi connectivity index (χ2n) is 5.72. The third-order valence-corrected chi connectivity index (χ3v) is 4.18. The Labute approximate surface area is 139 Å². The van der Waals surface area contributed by atoms with Crippen LogP contribution in [0.15, 0.2) is 24.3 Å². The fourth-order valence-corrected chi connectivity index (χ4v) is 2.85. The summed E-state index contributed by atoms with van der Waals surface area (Å²) in [6, 6.07) is 9.30. The number of hydrogen-bond donors (Lipinski definition) is 1. The number of aromatic nitrogens is 2. The predicted molar refractivity (Wildman–Crippen MR) is 87.4 cm³/mol. The molecule has 7 heteroatoms. The van der Waals surface area contributed by atoms with Crippen molar-refractivity contribution in [3.05, 3.63) is 30.0 Å². The highest BCUT2D eigenvalue weighted by Gasteiger charge is 2.30. The van der Waals surface area contributed by atoms with Crippen LogP contribution in [0.1, 0.15) is 24.5 Å². The number of aliphatic hydroxyl groups excluding tert-OH is 1. The fraction of sp³-hybridized carbons (Fsp3) is 0.412. The summed E-state index contributed by atoms with van der Waals surface area (Å²) < 4.78 is 4.74. The molecular weight excluding hydrogens is 308 g/mol. The van der Waals surface area contributed by atoms with E-state index in [0.29, 0.717) is 48.5 Å². The second-order valence-corrected chi connectivity index (χ2v) is 5.72. The van der Waals surface area contributed by atoms with Crippen LogP contribution in [-0.4, -0.2) is 47.3 Å². The maximum Gasteiger partial charge on any atom is 0.329 e. The number of nitrogens with zero attached hydrogens (tertiary/aromatic N) is 4. The van der Waals surface area contributed by atoms with Crippen molar-refractivity contribution in [1.29, 1.82) is 5.26 Å². The van der Waals surface area contributed by atoms with E-state index >= 15 is 0 Å². The maximum absolute atomic E-state index is 12.0. The van der Waals surface area contributed by atoms with Gasteiger partial charge in [0, 0.05) is 13.1 Å². The SMILES string of the molecule is COC(=O)C(C#N)c1nc2ccccc2nc1N1CCC(O)CC1. The Balaban J connectivity index is 2.12. The van der Waals surface area contributed by atoms with Gasteiger partial charge in [-0.25, -0.2) is 9.97 Å². The van der Waals surface area contributed by atoms with Gasteiger partial charge in [0.05, 0.1) is 30.3 Å². The van der Waals surface area contributed by atoms with E-state index in [0.717, 1.165) is 0 Å². The lowest BCUT2D eigenvalue weighted by molar-refractivity contribution is -0.141. The molecule has 0 amide bonds. The number of esters is 1. The Morgan fingerprint density at radius 1 is 1.33 bits per heavy atom. The molecule has 2 heterocycles. The Hall–Kier alpha value is -2.72. The summed E-state index contributed by atoms with van der Waals surface area (Å²) in [6.45, 7) is 1.20. The van der Waals surface area contributed by atoms with E-state index in [1.165, 1.54) is 7.11 Å². The zero-order valence-corrected chi connectivity index (χ0v) is 13.3. The van der Waals surface area contributed by atoms with Gasteiger partial charge in [-0.3, -0.25) is 4.79 Å². The highest BCUT2D eigenvalue weighted by molar-refractivity contribution is 5.85. The standard InChI is InChI=1S/C17H18N4O3/c1-24-17(23)12(10-18)15-16(21-8-6-11(22)7-9-21)20-14-5-3-2-4-13(14)19-15/h2-5,11-12,22H,6-9H2,1H3. The summed E-state index contributed by atoms with van der Waals surface area (Å²) in [6.07, 6.45) is 0.901. The van der Waals surface area contributed by atoms with E-state index in [1.807, 2.05) is 29.2 Å². The number of nitriles is 1.